The van der Waals surface area contributed by atoms with E-state index in [0.717, 1.165) is 32.6 Å². The number of para-hydroxylation sites is 1. The van der Waals surface area contributed by atoms with Gasteiger partial charge in [0.25, 0.3) is 5.91 Å². The second-order valence-electron chi connectivity index (χ2n) is 6.95. The maximum atomic E-state index is 12.8. The molecule has 5 rings (SSSR count). The number of nitrogens with one attached hydrogen (secondary N) is 1. The summed E-state index contributed by atoms with van der Waals surface area (Å²) in [4.78, 5) is 18.9. The second-order valence-corrected chi connectivity index (χ2v) is 7.98. The first kappa shape index (κ1) is 19.1. The molecule has 0 saturated carbocycles. The number of anilines is 1. The summed E-state index contributed by atoms with van der Waals surface area (Å²) in [5, 5.41) is 4.85. The summed E-state index contributed by atoms with van der Waals surface area (Å²) in [6, 6.07) is 26.5. The lowest BCUT2D eigenvalue weighted by Gasteiger charge is -2.07. The molecular weight excluding hydrogens is 408 g/mol. The van der Waals surface area contributed by atoms with E-state index in [0.29, 0.717) is 16.3 Å². The van der Waals surface area contributed by atoms with E-state index >= 15 is 0 Å². The molecule has 0 bridgehead atoms. The first-order chi connectivity index (χ1) is 15.2. The number of amides is 1. The van der Waals surface area contributed by atoms with E-state index < -0.39 is 0 Å². The summed E-state index contributed by atoms with van der Waals surface area (Å²) in [6.45, 7) is 0. The van der Waals surface area contributed by atoms with Crippen molar-refractivity contribution in [3.8, 4) is 17.2 Å². The van der Waals surface area contributed by atoms with Gasteiger partial charge in [-0.2, -0.15) is 0 Å². The summed E-state index contributed by atoms with van der Waals surface area (Å²) < 4.78 is 11.1. The lowest BCUT2D eigenvalue weighted by atomic mass is 10.2. The fourth-order valence-electron chi connectivity index (χ4n) is 3.28. The first-order valence-electron chi connectivity index (χ1n) is 9.70. The van der Waals surface area contributed by atoms with Crippen LogP contribution in [-0.4, -0.2) is 18.0 Å². The van der Waals surface area contributed by atoms with Gasteiger partial charge in [-0.15, -0.1) is 11.3 Å². The largest absolute Gasteiger partial charge is 0.497 e. The summed E-state index contributed by atoms with van der Waals surface area (Å²) in [5.74, 6) is 2.09. The third kappa shape index (κ3) is 4.06. The lowest BCUT2D eigenvalue weighted by molar-refractivity contribution is 0.103. The highest BCUT2D eigenvalue weighted by Gasteiger charge is 2.13. The zero-order valence-electron chi connectivity index (χ0n) is 16.7. The summed E-state index contributed by atoms with van der Waals surface area (Å²) in [5.41, 5.74) is 1.57. The smallest absolute Gasteiger partial charge is 0.265 e. The number of thiophene rings is 1. The molecule has 1 amide bonds. The van der Waals surface area contributed by atoms with Gasteiger partial charge in [0.1, 0.15) is 22.1 Å². The Morgan fingerprint density at radius 2 is 1.58 bits per heavy atom. The van der Waals surface area contributed by atoms with Crippen LogP contribution in [0.5, 0.6) is 17.2 Å². The van der Waals surface area contributed by atoms with Crippen LogP contribution in [0, 0.1) is 0 Å². The topological polar surface area (TPSA) is 60.5 Å². The normalized spacial score (nSPS) is 10.9. The molecule has 0 aliphatic rings. The van der Waals surface area contributed by atoms with Gasteiger partial charge in [0.05, 0.1) is 17.5 Å². The van der Waals surface area contributed by atoms with Gasteiger partial charge in [-0.05, 0) is 66.7 Å². The molecule has 2 heterocycles. The van der Waals surface area contributed by atoms with Crippen molar-refractivity contribution < 1.29 is 14.3 Å². The molecule has 152 valence electrons. The van der Waals surface area contributed by atoms with Gasteiger partial charge < -0.3 is 14.8 Å². The van der Waals surface area contributed by atoms with E-state index in [2.05, 4.69) is 10.3 Å². The average molecular weight is 426 g/mol. The van der Waals surface area contributed by atoms with Crippen LogP contribution in [0.3, 0.4) is 0 Å². The Labute approximate surface area is 182 Å². The van der Waals surface area contributed by atoms with E-state index in [9.17, 15) is 4.79 Å². The minimum absolute atomic E-state index is 0.165. The number of methoxy groups -OCH3 is 1. The van der Waals surface area contributed by atoms with E-state index in [1.165, 1.54) is 11.3 Å². The van der Waals surface area contributed by atoms with Crippen molar-refractivity contribution >= 4 is 44.1 Å². The number of aromatic nitrogens is 1. The Kier molecular flexibility index (Phi) is 4.98. The Bertz CT molecular complexity index is 1380. The van der Waals surface area contributed by atoms with Gasteiger partial charge in [0.2, 0.25) is 0 Å². The summed E-state index contributed by atoms with van der Waals surface area (Å²) in [7, 11) is 1.64. The predicted molar refractivity (Wildman–Crippen MR) is 125 cm³/mol. The minimum Gasteiger partial charge on any atom is -0.497 e. The molecule has 1 N–H and O–H groups in total. The fraction of sp³-hybridized carbons (Fsp3) is 0.0400. The molecule has 2 aromatic heterocycles. The molecule has 0 spiro atoms. The average Bonchev–Trinajstić information content (AvgIpc) is 3.22. The van der Waals surface area contributed by atoms with Gasteiger partial charge >= 0.3 is 0 Å². The Morgan fingerprint density at radius 3 is 2.35 bits per heavy atom. The fourth-order valence-corrected chi connectivity index (χ4v) is 4.19. The van der Waals surface area contributed by atoms with Crippen molar-refractivity contribution in [2.45, 2.75) is 0 Å². The Hall–Kier alpha value is -3.90. The highest BCUT2D eigenvalue weighted by Crippen LogP contribution is 2.30. The quantitative estimate of drug-likeness (QED) is 0.348. The van der Waals surface area contributed by atoms with Gasteiger partial charge in [0.15, 0.2) is 0 Å². The maximum Gasteiger partial charge on any atom is 0.265 e. The van der Waals surface area contributed by atoms with Crippen molar-refractivity contribution in [3.05, 3.63) is 89.8 Å². The number of nitrogens with zero attached hydrogens (tertiary/aromatic N) is 1. The van der Waals surface area contributed by atoms with Crippen molar-refractivity contribution in [1.29, 1.82) is 0 Å². The molecule has 0 atom stereocenters. The number of ether oxygens (including phenoxy) is 2. The Morgan fingerprint density at radius 1 is 0.839 bits per heavy atom. The summed E-state index contributed by atoms with van der Waals surface area (Å²) >= 11 is 1.38. The van der Waals surface area contributed by atoms with Crippen molar-refractivity contribution in [2.75, 3.05) is 12.4 Å². The van der Waals surface area contributed by atoms with E-state index in [4.69, 9.17) is 9.47 Å². The molecule has 0 aliphatic heterocycles. The maximum absolute atomic E-state index is 12.8. The lowest BCUT2D eigenvalue weighted by Crippen LogP contribution is -2.09. The number of benzene rings is 3. The molecular formula is C25H18N2O3S. The molecule has 0 saturated heterocycles. The number of hydrogen-bond donors (Lipinski definition) is 1. The number of rotatable bonds is 5. The number of pyridine rings is 1. The highest BCUT2D eigenvalue weighted by molar-refractivity contribution is 7.20. The van der Waals surface area contributed by atoms with Gasteiger partial charge in [0, 0.05) is 16.5 Å². The van der Waals surface area contributed by atoms with E-state index in [1.54, 1.807) is 7.11 Å². The monoisotopic (exact) mass is 426 g/mol. The van der Waals surface area contributed by atoms with Crippen LogP contribution < -0.4 is 14.8 Å². The van der Waals surface area contributed by atoms with Crippen LogP contribution in [0.15, 0.2) is 84.9 Å². The predicted octanol–water partition coefficient (Wildman–Crippen LogP) is 6.50. The zero-order chi connectivity index (χ0) is 21.2. The molecule has 0 radical (unpaired) electrons. The standard InChI is InChI=1S/C25H18N2O3S/c1-29-21-11-12-22-16(14-21)13-17-15-23(31-25(17)27-22)24(28)26-18-7-9-20(10-8-18)30-19-5-3-2-4-6-19/h2-15H,1H3,(H,26,28). The minimum atomic E-state index is -0.165. The molecule has 0 unspecified atom stereocenters. The molecule has 31 heavy (non-hydrogen) atoms. The number of carbonyl (C=O) groups is 1. The molecule has 3 aromatic carbocycles. The van der Waals surface area contributed by atoms with Gasteiger partial charge in [-0.3, -0.25) is 4.79 Å². The summed E-state index contributed by atoms with van der Waals surface area (Å²) in [6.07, 6.45) is 0. The number of fused-ring (bicyclic) bond motifs is 2. The molecule has 0 fully saturated rings. The van der Waals surface area contributed by atoms with Gasteiger partial charge in [-0.1, -0.05) is 18.2 Å². The molecule has 6 heteroatoms. The van der Waals surface area contributed by atoms with Crippen molar-refractivity contribution in [2.24, 2.45) is 0 Å². The highest BCUT2D eigenvalue weighted by atomic mass is 32.1. The van der Waals surface area contributed by atoms with Crippen LogP contribution in [0.4, 0.5) is 5.69 Å². The van der Waals surface area contributed by atoms with Crippen molar-refractivity contribution in [1.82, 2.24) is 4.98 Å². The van der Waals surface area contributed by atoms with E-state index in [-0.39, 0.29) is 5.91 Å². The third-order valence-electron chi connectivity index (χ3n) is 4.82. The third-order valence-corrected chi connectivity index (χ3v) is 5.87. The zero-order valence-corrected chi connectivity index (χ0v) is 17.5. The SMILES string of the molecule is COc1ccc2nc3sc(C(=O)Nc4ccc(Oc5ccccc5)cc4)cc3cc2c1. The Balaban J connectivity index is 1.34. The van der Waals surface area contributed by atoms with Gasteiger partial charge in [-0.25, -0.2) is 4.98 Å². The second kappa shape index (κ2) is 8.08. The van der Waals surface area contributed by atoms with Crippen LogP contribution in [0.1, 0.15) is 9.67 Å². The van der Waals surface area contributed by atoms with E-state index in [1.807, 2.05) is 84.9 Å². The number of hydrogen-bond acceptors (Lipinski definition) is 5. The van der Waals surface area contributed by atoms with Crippen LogP contribution in [0.2, 0.25) is 0 Å². The van der Waals surface area contributed by atoms with Crippen LogP contribution >= 0.6 is 11.3 Å². The van der Waals surface area contributed by atoms with Crippen molar-refractivity contribution in [3.63, 3.8) is 0 Å². The van der Waals surface area contributed by atoms with Crippen LogP contribution in [-0.2, 0) is 0 Å². The van der Waals surface area contributed by atoms with Crippen LogP contribution in [0.25, 0.3) is 21.1 Å². The molecule has 0 aliphatic carbocycles. The number of carbonyl (C=O) groups excluding carboxylic acids is 1. The molecule has 5 aromatic rings. The first-order valence-corrected chi connectivity index (χ1v) is 10.5. The molecule has 5 nitrogen and oxygen atoms in total.